The number of hydrogen-bond donors (Lipinski definition) is 1. The van der Waals surface area contributed by atoms with Crippen molar-refractivity contribution in [2.45, 2.75) is 44.8 Å². The zero-order valence-corrected chi connectivity index (χ0v) is 12.7. The van der Waals surface area contributed by atoms with Crippen molar-refractivity contribution in [3.8, 4) is 0 Å². The Bertz CT molecular complexity index is 750. The van der Waals surface area contributed by atoms with Crippen molar-refractivity contribution in [1.82, 2.24) is 9.88 Å². The number of carbonyl (C=O) groups excluding carboxylic acids is 1. The van der Waals surface area contributed by atoms with E-state index in [9.17, 15) is 4.79 Å². The number of cyclic esters (lactones) is 1. The summed E-state index contributed by atoms with van der Waals surface area (Å²) in [5.41, 5.74) is 2.70. The highest BCUT2D eigenvalue weighted by molar-refractivity contribution is 5.86. The predicted octanol–water partition coefficient (Wildman–Crippen LogP) is 3.56. The summed E-state index contributed by atoms with van der Waals surface area (Å²) in [6.07, 6.45) is 1.48. The number of aromatic nitrogens is 1. The Morgan fingerprint density at radius 2 is 2.10 bits per heavy atom. The van der Waals surface area contributed by atoms with Gasteiger partial charge in [-0.15, -0.1) is 0 Å². The molecule has 4 rings (SSSR count). The molecule has 2 aromatic rings. The van der Waals surface area contributed by atoms with Crippen molar-refractivity contribution in [1.29, 1.82) is 0 Å². The quantitative estimate of drug-likeness (QED) is 0.870. The van der Waals surface area contributed by atoms with Crippen molar-refractivity contribution in [2.24, 2.45) is 0 Å². The summed E-state index contributed by atoms with van der Waals surface area (Å²) in [7, 11) is 0. The normalized spacial score (nSPS) is 31.2. The van der Waals surface area contributed by atoms with Gasteiger partial charge in [-0.25, -0.2) is 4.79 Å². The van der Waals surface area contributed by atoms with E-state index in [4.69, 9.17) is 4.74 Å². The van der Waals surface area contributed by atoms with Crippen LogP contribution in [-0.2, 0) is 16.7 Å². The Hall–Kier alpha value is -1.97. The molecular weight excluding hydrogens is 264 g/mol. The molecule has 3 heterocycles. The van der Waals surface area contributed by atoms with E-state index in [2.05, 4.69) is 37.0 Å². The first-order valence-electron chi connectivity index (χ1n) is 7.62. The van der Waals surface area contributed by atoms with Crippen molar-refractivity contribution >= 4 is 17.0 Å². The maximum absolute atomic E-state index is 12.3. The molecule has 0 spiro atoms. The lowest BCUT2D eigenvalue weighted by atomic mass is 9.74. The summed E-state index contributed by atoms with van der Waals surface area (Å²) >= 11 is 0. The average Bonchev–Trinajstić information content (AvgIpc) is 2.95. The smallest absolute Gasteiger partial charge is 0.411 e. The van der Waals surface area contributed by atoms with Crippen LogP contribution < -0.4 is 0 Å². The first-order chi connectivity index (χ1) is 10.0. The molecule has 2 unspecified atom stereocenters. The fourth-order valence-electron chi connectivity index (χ4n) is 4.04. The van der Waals surface area contributed by atoms with Crippen LogP contribution in [0.4, 0.5) is 4.79 Å². The van der Waals surface area contributed by atoms with Gasteiger partial charge in [-0.2, -0.15) is 0 Å². The summed E-state index contributed by atoms with van der Waals surface area (Å²) in [6, 6.07) is 8.37. The van der Waals surface area contributed by atoms with E-state index in [1.165, 1.54) is 10.9 Å². The third-order valence-corrected chi connectivity index (χ3v) is 5.66. The number of para-hydroxylation sites is 1. The number of nitrogens with one attached hydrogen (secondary N) is 1. The number of benzene rings is 1. The summed E-state index contributed by atoms with van der Waals surface area (Å²) < 4.78 is 5.77. The third kappa shape index (κ3) is 1.33. The lowest BCUT2D eigenvalue weighted by molar-refractivity contribution is -0.00297. The van der Waals surface area contributed by atoms with Gasteiger partial charge in [0, 0.05) is 23.1 Å². The second-order valence-corrected chi connectivity index (χ2v) is 6.45. The van der Waals surface area contributed by atoms with Crippen LogP contribution in [0.3, 0.4) is 0 Å². The molecule has 110 valence electrons. The van der Waals surface area contributed by atoms with E-state index in [1.807, 2.05) is 17.9 Å². The van der Waals surface area contributed by atoms with Crippen molar-refractivity contribution in [3.63, 3.8) is 0 Å². The van der Waals surface area contributed by atoms with Crippen LogP contribution in [-0.4, -0.2) is 28.1 Å². The van der Waals surface area contributed by atoms with E-state index in [0.717, 1.165) is 30.6 Å². The van der Waals surface area contributed by atoms with Gasteiger partial charge in [0.05, 0.1) is 0 Å². The lowest BCUT2D eigenvalue weighted by Gasteiger charge is -2.44. The average molecular weight is 284 g/mol. The molecule has 0 bridgehead atoms. The van der Waals surface area contributed by atoms with Crippen LogP contribution >= 0.6 is 0 Å². The Morgan fingerprint density at radius 3 is 2.86 bits per heavy atom. The first-order valence-corrected chi connectivity index (χ1v) is 7.62. The van der Waals surface area contributed by atoms with Crippen LogP contribution in [0.2, 0.25) is 0 Å². The Kier molecular flexibility index (Phi) is 2.31. The van der Waals surface area contributed by atoms with Gasteiger partial charge in [-0.3, -0.25) is 4.90 Å². The molecule has 0 saturated carbocycles. The van der Waals surface area contributed by atoms with Crippen LogP contribution in [0.15, 0.2) is 24.3 Å². The van der Waals surface area contributed by atoms with Crippen molar-refractivity contribution in [2.75, 3.05) is 6.54 Å². The minimum Gasteiger partial charge on any atom is -0.440 e. The van der Waals surface area contributed by atoms with Crippen LogP contribution in [0, 0.1) is 0 Å². The number of fused-ring (bicyclic) bond motifs is 5. The van der Waals surface area contributed by atoms with Crippen LogP contribution in [0.1, 0.15) is 38.4 Å². The Morgan fingerprint density at radius 1 is 1.33 bits per heavy atom. The molecule has 2 atom stereocenters. The predicted molar refractivity (Wildman–Crippen MR) is 81.2 cm³/mol. The molecule has 4 heteroatoms. The van der Waals surface area contributed by atoms with Gasteiger partial charge < -0.3 is 9.72 Å². The number of amides is 1. The first kappa shape index (κ1) is 12.7. The number of ether oxygens (including phenoxy) is 1. The standard InChI is InChI=1S/C17H20N2O2/c1-4-16(2)17(3)14-12(9-10-19(17)15(20)21-16)11-7-5-6-8-13(11)18-14/h5-8,18H,4,9-10H2,1-3H3. The number of carbonyl (C=O) groups is 1. The van der Waals surface area contributed by atoms with E-state index in [0.29, 0.717) is 0 Å². The van der Waals surface area contributed by atoms with Gasteiger partial charge >= 0.3 is 6.09 Å². The molecule has 1 fully saturated rings. The highest BCUT2D eigenvalue weighted by Crippen LogP contribution is 2.52. The second-order valence-electron chi connectivity index (χ2n) is 6.45. The number of H-pyrrole nitrogens is 1. The lowest BCUT2D eigenvalue weighted by Crippen LogP contribution is -2.55. The number of rotatable bonds is 1. The third-order valence-electron chi connectivity index (χ3n) is 5.66. The molecule has 2 aliphatic heterocycles. The van der Waals surface area contributed by atoms with E-state index in [1.54, 1.807) is 0 Å². The zero-order chi connectivity index (χ0) is 14.8. The van der Waals surface area contributed by atoms with Crippen molar-refractivity contribution in [3.05, 3.63) is 35.5 Å². The highest BCUT2D eigenvalue weighted by Gasteiger charge is 2.62. The summed E-state index contributed by atoms with van der Waals surface area (Å²) in [5, 5.41) is 1.27. The topological polar surface area (TPSA) is 45.3 Å². The molecule has 1 N–H and O–H groups in total. The maximum Gasteiger partial charge on any atom is 0.411 e. The van der Waals surface area contributed by atoms with Crippen LogP contribution in [0.5, 0.6) is 0 Å². The molecule has 0 aliphatic carbocycles. The maximum atomic E-state index is 12.3. The van der Waals surface area contributed by atoms with Crippen molar-refractivity contribution < 1.29 is 9.53 Å². The van der Waals surface area contributed by atoms with Gasteiger partial charge in [0.1, 0.15) is 11.1 Å². The SMILES string of the molecule is CCC1(C)OC(=O)N2CCc3c([nH]c4ccccc34)C21C. The van der Waals surface area contributed by atoms with E-state index >= 15 is 0 Å². The van der Waals surface area contributed by atoms with Crippen LogP contribution in [0.25, 0.3) is 10.9 Å². The minimum absolute atomic E-state index is 0.189. The Labute approximate surface area is 124 Å². The Balaban J connectivity index is 2.03. The molecule has 21 heavy (non-hydrogen) atoms. The molecular formula is C17H20N2O2. The highest BCUT2D eigenvalue weighted by atomic mass is 16.6. The molecule has 1 amide bonds. The fourth-order valence-corrected chi connectivity index (χ4v) is 4.04. The summed E-state index contributed by atoms with van der Waals surface area (Å²) in [5.74, 6) is 0. The van der Waals surface area contributed by atoms with Gasteiger partial charge in [0.25, 0.3) is 0 Å². The van der Waals surface area contributed by atoms with E-state index in [-0.39, 0.29) is 6.09 Å². The van der Waals surface area contributed by atoms with Gasteiger partial charge in [0.15, 0.2) is 0 Å². The monoisotopic (exact) mass is 284 g/mol. The molecule has 1 aromatic heterocycles. The zero-order valence-electron chi connectivity index (χ0n) is 12.7. The second kappa shape index (κ2) is 3.81. The van der Waals surface area contributed by atoms with Gasteiger partial charge in [-0.05, 0) is 38.3 Å². The molecule has 0 radical (unpaired) electrons. The molecule has 4 nitrogen and oxygen atoms in total. The molecule has 1 aromatic carbocycles. The largest absolute Gasteiger partial charge is 0.440 e. The summed E-state index contributed by atoms with van der Waals surface area (Å²) in [6.45, 7) is 6.99. The van der Waals surface area contributed by atoms with Gasteiger partial charge in [0.2, 0.25) is 0 Å². The van der Waals surface area contributed by atoms with Gasteiger partial charge in [-0.1, -0.05) is 25.1 Å². The van der Waals surface area contributed by atoms with E-state index < -0.39 is 11.1 Å². The number of nitrogens with zero attached hydrogens (tertiary/aromatic N) is 1. The molecule has 2 aliphatic rings. The number of aromatic amines is 1. The molecule has 1 saturated heterocycles. The minimum atomic E-state index is -0.500. The number of hydrogen-bond acceptors (Lipinski definition) is 2. The fraction of sp³-hybridized carbons (Fsp3) is 0.471. The summed E-state index contributed by atoms with van der Waals surface area (Å²) in [4.78, 5) is 17.8.